The van der Waals surface area contributed by atoms with Crippen LogP contribution >= 0.6 is 27.3 Å². The second-order valence-corrected chi connectivity index (χ2v) is 8.17. The first-order valence-electron chi connectivity index (χ1n) is 7.80. The Bertz CT molecular complexity index is 1070. The second-order valence-electron chi connectivity index (χ2n) is 6.11. The SMILES string of the molecule is Cc1ccc(Br)c(-c2c(C)sc3nc(C)n(C(C)C(N)=O)c(=O)c23)c1. The first-order valence-corrected chi connectivity index (χ1v) is 9.41. The number of aryl methyl sites for hydroxylation is 3. The van der Waals surface area contributed by atoms with Crippen molar-refractivity contribution >= 4 is 43.4 Å². The molecular weight excluding hydrogens is 402 g/mol. The van der Waals surface area contributed by atoms with E-state index >= 15 is 0 Å². The Kier molecular flexibility index (Phi) is 4.55. The van der Waals surface area contributed by atoms with E-state index < -0.39 is 11.9 Å². The number of benzene rings is 1. The minimum atomic E-state index is -0.751. The van der Waals surface area contributed by atoms with E-state index in [1.165, 1.54) is 15.9 Å². The van der Waals surface area contributed by atoms with Gasteiger partial charge in [-0.05, 0) is 39.3 Å². The van der Waals surface area contributed by atoms with Gasteiger partial charge in [-0.25, -0.2) is 4.98 Å². The normalized spacial score (nSPS) is 12.5. The first-order chi connectivity index (χ1) is 11.7. The fraction of sp³-hybridized carbons (Fsp3) is 0.278. The van der Waals surface area contributed by atoms with Crippen LogP contribution < -0.4 is 11.3 Å². The van der Waals surface area contributed by atoms with Crippen LogP contribution in [0.25, 0.3) is 21.3 Å². The Morgan fingerprint density at radius 2 is 2.00 bits per heavy atom. The van der Waals surface area contributed by atoms with E-state index in [4.69, 9.17) is 5.73 Å². The number of hydrogen-bond donors (Lipinski definition) is 1. The van der Waals surface area contributed by atoms with Gasteiger partial charge >= 0.3 is 0 Å². The fourth-order valence-corrected chi connectivity index (χ4v) is 4.53. The quantitative estimate of drug-likeness (QED) is 0.699. The second kappa shape index (κ2) is 6.38. The standard InChI is InChI=1S/C18H18BrN3O2S/c1-8-5-6-13(19)12(7-8)14-10(3)25-17-15(14)18(24)22(11(4)21-17)9(2)16(20)23/h5-7,9H,1-4H3,(H2,20,23). The van der Waals surface area contributed by atoms with Crippen LogP contribution in [0.1, 0.15) is 29.2 Å². The van der Waals surface area contributed by atoms with E-state index in [0.29, 0.717) is 16.0 Å². The van der Waals surface area contributed by atoms with Gasteiger partial charge < -0.3 is 5.73 Å². The zero-order valence-electron chi connectivity index (χ0n) is 14.4. The van der Waals surface area contributed by atoms with Crippen LogP contribution in [0.4, 0.5) is 0 Å². The zero-order valence-corrected chi connectivity index (χ0v) is 16.8. The van der Waals surface area contributed by atoms with Crippen molar-refractivity contribution in [2.75, 3.05) is 0 Å². The zero-order chi connectivity index (χ0) is 18.5. The lowest BCUT2D eigenvalue weighted by Gasteiger charge is -2.15. The molecule has 1 unspecified atom stereocenters. The molecule has 3 aromatic rings. The molecule has 3 rings (SSSR count). The van der Waals surface area contributed by atoms with Crippen molar-refractivity contribution in [3.05, 3.63) is 49.3 Å². The lowest BCUT2D eigenvalue weighted by molar-refractivity contribution is -0.120. The van der Waals surface area contributed by atoms with Gasteiger partial charge in [0.1, 0.15) is 16.7 Å². The van der Waals surface area contributed by atoms with Crippen LogP contribution in [0.2, 0.25) is 0 Å². The molecule has 0 radical (unpaired) electrons. The van der Waals surface area contributed by atoms with E-state index in [9.17, 15) is 9.59 Å². The summed E-state index contributed by atoms with van der Waals surface area (Å²) < 4.78 is 2.29. The molecule has 0 aliphatic carbocycles. The molecule has 0 aliphatic heterocycles. The van der Waals surface area contributed by atoms with Crippen molar-refractivity contribution < 1.29 is 4.79 Å². The van der Waals surface area contributed by atoms with Gasteiger partial charge in [0.25, 0.3) is 5.56 Å². The number of thiophene rings is 1. The van der Waals surface area contributed by atoms with Crippen molar-refractivity contribution in [2.24, 2.45) is 5.73 Å². The summed E-state index contributed by atoms with van der Waals surface area (Å²) in [7, 11) is 0. The van der Waals surface area contributed by atoms with Crippen molar-refractivity contribution in [1.29, 1.82) is 0 Å². The Morgan fingerprint density at radius 1 is 1.32 bits per heavy atom. The fourth-order valence-electron chi connectivity index (χ4n) is 3.01. The molecule has 2 N–H and O–H groups in total. The maximum atomic E-state index is 13.2. The highest BCUT2D eigenvalue weighted by molar-refractivity contribution is 9.10. The number of carbonyl (C=O) groups is 1. The number of halogens is 1. The van der Waals surface area contributed by atoms with Crippen molar-refractivity contribution in [3.63, 3.8) is 0 Å². The Morgan fingerprint density at radius 3 is 2.64 bits per heavy atom. The third kappa shape index (κ3) is 2.91. The summed E-state index contributed by atoms with van der Waals surface area (Å²) in [6, 6.07) is 5.27. The highest BCUT2D eigenvalue weighted by atomic mass is 79.9. The molecule has 0 saturated heterocycles. The van der Waals surface area contributed by atoms with Gasteiger partial charge in [0.05, 0.1) is 5.39 Å². The highest BCUT2D eigenvalue weighted by Gasteiger charge is 2.23. The van der Waals surface area contributed by atoms with Crippen LogP contribution in [-0.4, -0.2) is 15.5 Å². The van der Waals surface area contributed by atoms with Gasteiger partial charge in [0.2, 0.25) is 5.91 Å². The summed E-state index contributed by atoms with van der Waals surface area (Å²) in [5, 5.41) is 0.535. The summed E-state index contributed by atoms with van der Waals surface area (Å²) in [5.74, 6) is -0.0727. The number of carbonyl (C=O) groups excluding carboxylic acids is 1. The average Bonchev–Trinajstić information content (AvgIpc) is 2.85. The van der Waals surface area contributed by atoms with Gasteiger partial charge in [-0.2, -0.15) is 0 Å². The average molecular weight is 420 g/mol. The van der Waals surface area contributed by atoms with Crippen molar-refractivity contribution in [1.82, 2.24) is 9.55 Å². The molecule has 0 spiro atoms. The molecule has 1 aromatic carbocycles. The molecule has 0 saturated carbocycles. The molecule has 0 aliphatic rings. The summed E-state index contributed by atoms with van der Waals surface area (Å²) in [6.45, 7) is 7.33. The molecule has 7 heteroatoms. The lowest BCUT2D eigenvalue weighted by atomic mass is 10.0. The number of nitrogens with zero attached hydrogens (tertiary/aromatic N) is 2. The van der Waals surface area contributed by atoms with Crippen LogP contribution in [0.15, 0.2) is 27.5 Å². The molecule has 0 fully saturated rings. The number of primary amides is 1. The smallest absolute Gasteiger partial charge is 0.263 e. The first kappa shape index (κ1) is 17.8. The molecular formula is C18H18BrN3O2S. The Hall–Kier alpha value is -1.99. The summed E-state index contributed by atoms with van der Waals surface area (Å²) >= 11 is 5.07. The van der Waals surface area contributed by atoms with E-state index in [1.54, 1.807) is 13.8 Å². The lowest BCUT2D eigenvalue weighted by Crippen LogP contribution is -2.34. The molecule has 25 heavy (non-hydrogen) atoms. The number of rotatable bonds is 3. The third-order valence-corrected chi connectivity index (χ3v) is 5.99. The maximum Gasteiger partial charge on any atom is 0.263 e. The van der Waals surface area contributed by atoms with Crippen LogP contribution in [0, 0.1) is 20.8 Å². The van der Waals surface area contributed by atoms with E-state index in [0.717, 1.165) is 26.0 Å². The molecule has 2 aromatic heterocycles. The number of fused-ring (bicyclic) bond motifs is 1. The minimum absolute atomic E-state index is 0.235. The van der Waals surface area contributed by atoms with E-state index in [2.05, 4.69) is 20.9 Å². The molecule has 0 bridgehead atoms. The molecule has 2 heterocycles. The van der Waals surface area contributed by atoms with Gasteiger partial charge in [-0.1, -0.05) is 33.6 Å². The van der Waals surface area contributed by atoms with E-state index in [-0.39, 0.29) is 5.56 Å². The minimum Gasteiger partial charge on any atom is -0.368 e. The number of hydrogen-bond acceptors (Lipinski definition) is 4. The maximum absolute atomic E-state index is 13.2. The van der Waals surface area contributed by atoms with Gasteiger partial charge in [-0.3, -0.25) is 14.2 Å². The largest absolute Gasteiger partial charge is 0.368 e. The number of amides is 1. The van der Waals surface area contributed by atoms with Gasteiger partial charge in [0.15, 0.2) is 0 Å². The Balaban J connectivity index is 2.44. The highest BCUT2D eigenvalue weighted by Crippen LogP contribution is 2.39. The topological polar surface area (TPSA) is 78.0 Å². The number of aromatic nitrogens is 2. The summed E-state index contributed by atoms with van der Waals surface area (Å²) in [4.78, 5) is 31.1. The van der Waals surface area contributed by atoms with Gasteiger partial charge in [0, 0.05) is 14.9 Å². The van der Waals surface area contributed by atoms with Crippen LogP contribution in [0.5, 0.6) is 0 Å². The van der Waals surface area contributed by atoms with E-state index in [1.807, 2.05) is 32.0 Å². The summed E-state index contributed by atoms with van der Waals surface area (Å²) in [6.07, 6.45) is 0. The molecule has 1 atom stereocenters. The predicted octanol–water partition coefficient (Wildman–Crippen LogP) is 3.86. The Labute approximate surface area is 157 Å². The van der Waals surface area contributed by atoms with Crippen LogP contribution in [0.3, 0.4) is 0 Å². The molecule has 5 nitrogen and oxygen atoms in total. The van der Waals surface area contributed by atoms with Crippen molar-refractivity contribution in [3.8, 4) is 11.1 Å². The monoisotopic (exact) mass is 419 g/mol. The third-order valence-electron chi connectivity index (χ3n) is 4.30. The number of nitrogens with two attached hydrogens (primary N) is 1. The van der Waals surface area contributed by atoms with Crippen molar-refractivity contribution in [2.45, 2.75) is 33.7 Å². The summed E-state index contributed by atoms with van der Waals surface area (Å²) in [5.41, 5.74) is 8.09. The van der Waals surface area contributed by atoms with Crippen LogP contribution in [-0.2, 0) is 4.79 Å². The molecule has 130 valence electrons. The molecule has 1 amide bonds. The van der Waals surface area contributed by atoms with Gasteiger partial charge in [-0.15, -0.1) is 11.3 Å². The predicted molar refractivity (Wildman–Crippen MR) is 105 cm³/mol.